The maximum absolute atomic E-state index is 12.9. The third kappa shape index (κ3) is 8.26. The van der Waals surface area contributed by atoms with E-state index in [1.165, 1.54) is 0 Å². The summed E-state index contributed by atoms with van der Waals surface area (Å²) in [6, 6.07) is 23.7. The Morgan fingerprint density at radius 2 is 1.44 bits per heavy atom. The summed E-state index contributed by atoms with van der Waals surface area (Å²) >= 11 is 0. The van der Waals surface area contributed by atoms with E-state index < -0.39 is 0 Å². The van der Waals surface area contributed by atoms with Gasteiger partial charge in [0.2, 0.25) is 0 Å². The van der Waals surface area contributed by atoms with Gasteiger partial charge in [-0.05, 0) is 49.2 Å². The number of rotatable bonds is 10. The molecule has 0 atom stereocenters. The molecule has 36 heavy (non-hydrogen) atoms. The number of benzene rings is 3. The van der Waals surface area contributed by atoms with Crippen molar-refractivity contribution in [3.8, 4) is 11.5 Å². The van der Waals surface area contributed by atoms with Crippen LogP contribution < -0.4 is 33.7 Å². The second kappa shape index (κ2) is 14.1. The molecule has 0 heterocycles. The Balaban J connectivity index is 0.00000456. The average molecular weight is 476 g/mol. The fourth-order valence-electron chi connectivity index (χ4n) is 3.50. The van der Waals surface area contributed by atoms with Crippen LogP contribution in [0.5, 0.6) is 11.5 Å². The van der Waals surface area contributed by atoms with Gasteiger partial charge in [-0.3, -0.25) is 4.79 Å². The van der Waals surface area contributed by atoms with Crippen LogP contribution in [0.4, 0.5) is 0 Å². The Morgan fingerprint density at radius 3 is 2.03 bits per heavy atom. The van der Waals surface area contributed by atoms with Crippen LogP contribution in [0.15, 0.2) is 95.6 Å². The van der Waals surface area contributed by atoms with Crippen molar-refractivity contribution in [1.29, 1.82) is 0 Å². The molecule has 3 aromatic rings. The van der Waals surface area contributed by atoms with Crippen LogP contribution in [0.2, 0.25) is 0 Å². The quantitative estimate of drug-likeness (QED) is 0.161. The number of hydrogen-bond acceptors (Lipinski definition) is 4. The SMILES string of the molecule is COc1cccc(C(=[N-])N=C(C/C(=C/C(=O)c2ccccc2)NC(C)C)c2cccc(OC)c2)c1.[Li+]. The van der Waals surface area contributed by atoms with Crippen molar-refractivity contribution in [2.75, 3.05) is 14.2 Å². The van der Waals surface area contributed by atoms with Crippen LogP contribution in [0.3, 0.4) is 0 Å². The fraction of sp³-hybridized carbons (Fsp3) is 0.207. The maximum atomic E-state index is 12.9. The summed E-state index contributed by atoms with van der Waals surface area (Å²) < 4.78 is 10.7. The van der Waals surface area contributed by atoms with E-state index in [1.807, 2.05) is 56.3 Å². The van der Waals surface area contributed by atoms with Gasteiger partial charge in [0.25, 0.3) is 0 Å². The summed E-state index contributed by atoms with van der Waals surface area (Å²) in [5.74, 6) is 1.02. The van der Waals surface area contributed by atoms with E-state index >= 15 is 0 Å². The minimum absolute atomic E-state index is 0. The minimum atomic E-state index is -0.153. The van der Waals surface area contributed by atoms with Gasteiger partial charge in [-0.15, -0.1) is 0 Å². The number of amidine groups is 1. The molecular weight excluding hydrogens is 445 g/mol. The molecule has 0 unspecified atom stereocenters. The Hall–Kier alpha value is -3.59. The molecule has 0 aliphatic heterocycles. The van der Waals surface area contributed by atoms with Crippen molar-refractivity contribution in [3.63, 3.8) is 0 Å². The number of aliphatic imine (C=N–C) groups is 1. The molecule has 0 aliphatic rings. The molecule has 0 fully saturated rings. The Kier molecular flexibility index (Phi) is 11.2. The standard InChI is InChI=1S/C29H30N3O3.Li/c1-20(2)31-24(19-28(33)21-10-6-5-7-11-21)18-27(22-12-8-14-25(16-22)34-3)32-29(30)23-13-9-15-26(17-23)35-4;/h5-17,19-20,31H,18H2,1-4H3;/q-1;+1/b24-19-,32-27?;. The first kappa shape index (κ1) is 28.6. The van der Waals surface area contributed by atoms with Crippen LogP contribution in [0, 0.1) is 0 Å². The zero-order chi connectivity index (χ0) is 25.2. The molecule has 0 spiro atoms. The van der Waals surface area contributed by atoms with E-state index in [0.29, 0.717) is 34.0 Å². The first-order valence-corrected chi connectivity index (χ1v) is 11.4. The van der Waals surface area contributed by atoms with E-state index in [4.69, 9.17) is 9.47 Å². The van der Waals surface area contributed by atoms with Crippen LogP contribution >= 0.6 is 0 Å². The zero-order valence-electron chi connectivity index (χ0n) is 21.5. The monoisotopic (exact) mass is 475 g/mol. The van der Waals surface area contributed by atoms with Crippen molar-refractivity contribution < 1.29 is 33.1 Å². The molecule has 0 aromatic heterocycles. The van der Waals surface area contributed by atoms with Gasteiger partial charge in [-0.2, -0.15) is 0 Å². The summed E-state index contributed by atoms with van der Waals surface area (Å²) in [6.07, 6.45) is 1.88. The van der Waals surface area contributed by atoms with Crippen molar-refractivity contribution in [1.82, 2.24) is 5.32 Å². The number of hydrogen-bond donors (Lipinski definition) is 1. The number of ketones is 1. The Bertz CT molecular complexity index is 1240. The average Bonchev–Trinajstić information content (AvgIpc) is 2.88. The van der Waals surface area contributed by atoms with E-state index in [0.717, 1.165) is 5.56 Å². The summed E-state index contributed by atoms with van der Waals surface area (Å²) in [4.78, 5) is 17.5. The molecule has 0 saturated carbocycles. The van der Waals surface area contributed by atoms with Gasteiger partial charge < -0.3 is 25.2 Å². The van der Waals surface area contributed by atoms with Crippen molar-refractivity contribution in [2.24, 2.45) is 4.99 Å². The summed E-state index contributed by atoms with van der Waals surface area (Å²) in [5, 5.41) is 14.2. The third-order valence-corrected chi connectivity index (χ3v) is 5.17. The first-order valence-electron chi connectivity index (χ1n) is 11.4. The van der Waals surface area contributed by atoms with Crippen molar-refractivity contribution >= 4 is 17.3 Å². The first-order chi connectivity index (χ1) is 16.9. The Labute approximate surface area is 225 Å². The summed E-state index contributed by atoms with van der Waals surface area (Å²) in [5.41, 5.74) is 3.15. The number of carbonyl (C=O) groups excluding carboxylic acids is 1. The Morgan fingerprint density at radius 1 is 0.889 bits per heavy atom. The third-order valence-electron chi connectivity index (χ3n) is 5.17. The molecule has 0 radical (unpaired) electrons. The molecule has 3 rings (SSSR count). The molecule has 0 amide bonds. The van der Waals surface area contributed by atoms with E-state index in [9.17, 15) is 10.2 Å². The fourth-order valence-corrected chi connectivity index (χ4v) is 3.50. The number of ether oxygens (including phenoxy) is 2. The number of nitrogens with zero attached hydrogens (tertiary/aromatic N) is 2. The largest absolute Gasteiger partial charge is 1.00 e. The molecule has 1 N–H and O–H groups in total. The summed E-state index contributed by atoms with van der Waals surface area (Å²) in [6.45, 7) is 4.01. The van der Waals surface area contributed by atoms with Gasteiger partial charge in [-0.25, -0.2) is 0 Å². The molecular formula is C29H30LiN3O3. The van der Waals surface area contributed by atoms with E-state index in [-0.39, 0.29) is 42.9 Å². The predicted molar refractivity (Wildman–Crippen MR) is 142 cm³/mol. The molecule has 7 heteroatoms. The number of nitrogens with one attached hydrogen (secondary N) is 1. The van der Waals surface area contributed by atoms with Gasteiger partial charge in [0.15, 0.2) is 5.78 Å². The van der Waals surface area contributed by atoms with Crippen molar-refractivity contribution in [2.45, 2.75) is 26.3 Å². The van der Waals surface area contributed by atoms with Crippen LogP contribution in [-0.4, -0.2) is 37.6 Å². The minimum Gasteiger partial charge on any atom is -0.497 e. The predicted octanol–water partition coefficient (Wildman–Crippen LogP) is 2.67. The smallest absolute Gasteiger partial charge is 0.497 e. The number of allylic oxidation sites excluding steroid dienone is 2. The zero-order valence-corrected chi connectivity index (χ0v) is 21.5. The molecule has 6 nitrogen and oxygen atoms in total. The van der Waals surface area contributed by atoms with E-state index in [1.54, 1.807) is 56.7 Å². The maximum Gasteiger partial charge on any atom is 1.00 e. The number of carbonyl (C=O) groups is 1. The number of methoxy groups -OCH3 is 2. The molecule has 0 aliphatic carbocycles. The second-order valence-corrected chi connectivity index (χ2v) is 8.22. The van der Waals surface area contributed by atoms with Crippen LogP contribution in [0.1, 0.15) is 41.8 Å². The molecule has 0 saturated heterocycles. The van der Waals surface area contributed by atoms with Gasteiger partial charge in [-0.1, -0.05) is 66.1 Å². The van der Waals surface area contributed by atoms with Gasteiger partial charge >= 0.3 is 18.9 Å². The van der Waals surface area contributed by atoms with Crippen LogP contribution in [0.25, 0.3) is 5.41 Å². The van der Waals surface area contributed by atoms with Gasteiger partial charge in [0, 0.05) is 29.8 Å². The topological polar surface area (TPSA) is 82.2 Å². The van der Waals surface area contributed by atoms with Crippen LogP contribution in [-0.2, 0) is 0 Å². The second-order valence-electron chi connectivity index (χ2n) is 8.22. The van der Waals surface area contributed by atoms with Gasteiger partial charge in [0.1, 0.15) is 11.5 Å². The van der Waals surface area contributed by atoms with Gasteiger partial charge in [0.05, 0.1) is 14.2 Å². The van der Waals surface area contributed by atoms with Crippen molar-refractivity contribution in [3.05, 3.63) is 113 Å². The molecule has 0 bridgehead atoms. The molecule has 3 aromatic carbocycles. The summed E-state index contributed by atoms with van der Waals surface area (Å²) in [7, 11) is 3.17. The normalized spacial score (nSPS) is 11.5. The van der Waals surface area contributed by atoms with E-state index in [2.05, 4.69) is 10.3 Å². The molecule has 180 valence electrons.